The molecule has 3 aliphatic heterocycles. The molecule has 0 saturated carbocycles. The van der Waals surface area contributed by atoms with Crippen LogP contribution in [0, 0.1) is 0 Å². The first-order chi connectivity index (χ1) is 14.0. The molecule has 154 valence electrons. The van der Waals surface area contributed by atoms with E-state index in [2.05, 4.69) is 10.2 Å². The number of anilines is 1. The average molecular weight is 402 g/mol. The van der Waals surface area contributed by atoms with Crippen LogP contribution in [0.15, 0.2) is 30.3 Å². The predicted octanol–water partition coefficient (Wildman–Crippen LogP) is 4.98. The fraction of sp³-hybridized carbons (Fsp3) is 0.478. The summed E-state index contributed by atoms with van der Waals surface area (Å²) in [7, 11) is 1.39. The Hall–Kier alpha value is -2.21. The first kappa shape index (κ1) is 18.8. The van der Waals surface area contributed by atoms with Crippen molar-refractivity contribution in [1.82, 2.24) is 5.32 Å². The lowest BCUT2D eigenvalue weighted by Crippen LogP contribution is -2.37. The number of nitrogens with one attached hydrogen (secondary N) is 1. The molecule has 0 aliphatic carbocycles. The molecule has 0 spiro atoms. The van der Waals surface area contributed by atoms with E-state index in [1.54, 1.807) is 12.1 Å². The highest BCUT2D eigenvalue weighted by atomic mass is 19.4. The second kappa shape index (κ2) is 6.94. The number of fused-ring (bicyclic) bond motifs is 3. The zero-order chi connectivity index (χ0) is 20.2. The van der Waals surface area contributed by atoms with E-state index >= 15 is 0 Å². The van der Waals surface area contributed by atoms with Crippen LogP contribution in [0.25, 0.3) is 11.1 Å². The van der Waals surface area contributed by atoms with E-state index in [4.69, 9.17) is 4.74 Å². The van der Waals surface area contributed by atoms with Gasteiger partial charge in [-0.2, -0.15) is 13.2 Å². The van der Waals surface area contributed by atoms with Gasteiger partial charge in [-0.15, -0.1) is 0 Å². The Morgan fingerprint density at radius 1 is 1.14 bits per heavy atom. The van der Waals surface area contributed by atoms with Crippen molar-refractivity contribution in [3.63, 3.8) is 0 Å². The van der Waals surface area contributed by atoms with Crippen LogP contribution in [0.1, 0.15) is 41.9 Å². The second-order valence-electron chi connectivity index (χ2n) is 8.30. The summed E-state index contributed by atoms with van der Waals surface area (Å²) in [6, 6.07) is 8.75. The minimum atomic E-state index is -4.43. The van der Waals surface area contributed by atoms with Crippen LogP contribution in [-0.4, -0.2) is 32.8 Å². The first-order valence-corrected chi connectivity index (χ1v) is 10.4. The van der Waals surface area contributed by atoms with Crippen molar-refractivity contribution in [1.29, 1.82) is 0 Å². The van der Waals surface area contributed by atoms with E-state index in [1.807, 2.05) is 12.1 Å². The van der Waals surface area contributed by atoms with Crippen LogP contribution in [0.5, 0.6) is 5.75 Å². The topological polar surface area (TPSA) is 24.5 Å². The molecule has 3 aliphatic rings. The van der Waals surface area contributed by atoms with Crippen LogP contribution in [0.4, 0.5) is 18.9 Å². The van der Waals surface area contributed by atoms with E-state index in [0.717, 1.165) is 51.4 Å². The summed E-state index contributed by atoms with van der Waals surface area (Å²) in [5.74, 6) is 0.569. The van der Waals surface area contributed by atoms with E-state index in [9.17, 15) is 13.2 Å². The van der Waals surface area contributed by atoms with Crippen molar-refractivity contribution in [3.05, 3.63) is 47.0 Å². The molecule has 1 saturated heterocycles. The lowest BCUT2D eigenvalue weighted by atomic mass is 9.88. The van der Waals surface area contributed by atoms with Crippen molar-refractivity contribution in [2.24, 2.45) is 0 Å². The van der Waals surface area contributed by atoms with Gasteiger partial charge in [0.2, 0.25) is 0 Å². The number of halogens is 3. The maximum atomic E-state index is 13.8. The third kappa shape index (κ3) is 3.08. The Kier molecular flexibility index (Phi) is 4.50. The molecule has 0 amide bonds. The molecule has 29 heavy (non-hydrogen) atoms. The normalized spacial score (nSPS) is 23.4. The molecule has 2 aromatic rings. The fourth-order valence-electron chi connectivity index (χ4n) is 5.44. The van der Waals surface area contributed by atoms with Gasteiger partial charge in [0.25, 0.3) is 0 Å². The fourth-order valence-corrected chi connectivity index (χ4v) is 5.44. The lowest BCUT2D eigenvalue weighted by molar-refractivity contribution is -0.137. The smallest absolute Gasteiger partial charge is 0.417 e. The maximum Gasteiger partial charge on any atom is 0.417 e. The van der Waals surface area contributed by atoms with Crippen LogP contribution >= 0.6 is 0 Å². The monoisotopic (exact) mass is 402 g/mol. The molecule has 0 bridgehead atoms. The van der Waals surface area contributed by atoms with E-state index in [1.165, 1.54) is 23.9 Å². The summed E-state index contributed by atoms with van der Waals surface area (Å²) in [6.07, 6.45) is -0.168. The summed E-state index contributed by atoms with van der Waals surface area (Å²) in [6.45, 7) is 2.96. The Bertz CT molecular complexity index is 940. The number of ether oxygens (including phenoxy) is 1. The number of nitrogens with zero attached hydrogens (tertiary/aromatic N) is 1. The van der Waals surface area contributed by atoms with Gasteiger partial charge in [-0.05, 0) is 78.7 Å². The molecule has 3 heterocycles. The van der Waals surface area contributed by atoms with Crippen molar-refractivity contribution in [3.8, 4) is 16.9 Å². The van der Waals surface area contributed by atoms with E-state index in [0.29, 0.717) is 17.5 Å². The van der Waals surface area contributed by atoms with Gasteiger partial charge in [0.1, 0.15) is 5.75 Å². The summed E-state index contributed by atoms with van der Waals surface area (Å²) in [5, 5.41) is 3.53. The molecule has 1 N–H and O–H groups in total. The van der Waals surface area contributed by atoms with E-state index in [-0.39, 0.29) is 11.3 Å². The molecule has 2 atom stereocenters. The van der Waals surface area contributed by atoms with Crippen molar-refractivity contribution in [2.45, 2.75) is 43.8 Å². The molecule has 0 aromatic heterocycles. The van der Waals surface area contributed by atoms with Crippen LogP contribution in [0.2, 0.25) is 0 Å². The molecule has 2 unspecified atom stereocenters. The zero-order valence-corrected chi connectivity index (χ0v) is 16.5. The van der Waals surface area contributed by atoms with Gasteiger partial charge in [0, 0.05) is 30.7 Å². The van der Waals surface area contributed by atoms with Crippen molar-refractivity contribution < 1.29 is 17.9 Å². The summed E-state index contributed by atoms with van der Waals surface area (Å²) in [4.78, 5) is 2.54. The number of rotatable bonds is 2. The standard InChI is InChI=1S/C23H25F3N2O/c1-29-16-6-7-17(20(12-16)23(24,25)26)15-10-14-4-3-9-28-21-5-2-8-27-13-19(21)18(11-15)22(14)28/h6-7,10-12,19,21,27H,2-5,8-9,13H2,1H3. The van der Waals surface area contributed by atoms with Gasteiger partial charge in [-0.25, -0.2) is 0 Å². The number of hydrogen-bond acceptors (Lipinski definition) is 3. The van der Waals surface area contributed by atoms with Crippen molar-refractivity contribution >= 4 is 5.69 Å². The van der Waals surface area contributed by atoms with Gasteiger partial charge >= 0.3 is 6.18 Å². The van der Waals surface area contributed by atoms with Gasteiger partial charge < -0.3 is 15.0 Å². The lowest BCUT2D eigenvalue weighted by Gasteiger charge is -2.33. The quantitative estimate of drug-likeness (QED) is 0.767. The van der Waals surface area contributed by atoms with Crippen LogP contribution in [0.3, 0.4) is 0 Å². The Labute approximate surface area is 168 Å². The summed E-state index contributed by atoms with van der Waals surface area (Å²) >= 11 is 0. The number of benzene rings is 2. The molecule has 2 aromatic carbocycles. The highest BCUT2D eigenvalue weighted by Gasteiger charge is 2.42. The highest BCUT2D eigenvalue weighted by Crippen LogP contribution is 2.50. The maximum absolute atomic E-state index is 13.8. The minimum absolute atomic E-state index is 0.225. The second-order valence-corrected chi connectivity index (χ2v) is 8.30. The number of hydrogen-bond donors (Lipinski definition) is 1. The highest BCUT2D eigenvalue weighted by molar-refractivity contribution is 5.78. The van der Waals surface area contributed by atoms with Crippen LogP contribution < -0.4 is 15.0 Å². The largest absolute Gasteiger partial charge is 0.497 e. The third-order valence-corrected chi connectivity index (χ3v) is 6.68. The first-order valence-electron chi connectivity index (χ1n) is 10.4. The van der Waals surface area contributed by atoms with Gasteiger partial charge in [0.05, 0.1) is 12.7 Å². The molecular formula is C23H25F3N2O. The minimum Gasteiger partial charge on any atom is -0.497 e. The van der Waals surface area contributed by atoms with Gasteiger partial charge in [-0.3, -0.25) is 0 Å². The predicted molar refractivity (Wildman–Crippen MR) is 108 cm³/mol. The molecular weight excluding hydrogens is 377 g/mol. The number of alkyl halides is 3. The number of aryl methyl sites for hydroxylation is 1. The Morgan fingerprint density at radius 3 is 2.79 bits per heavy atom. The SMILES string of the molecule is COc1ccc(-c2cc3c4c(c2)C2CNCCCC2N4CCC3)c(C(F)(F)F)c1. The molecule has 0 radical (unpaired) electrons. The van der Waals surface area contributed by atoms with Gasteiger partial charge in [-0.1, -0.05) is 6.07 Å². The number of methoxy groups -OCH3 is 1. The Balaban J connectivity index is 1.68. The molecule has 3 nitrogen and oxygen atoms in total. The third-order valence-electron chi connectivity index (χ3n) is 6.68. The van der Waals surface area contributed by atoms with Crippen molar-refractivity contribution in [2.75, 3.05) is 31.6 Å². The summed E-state index contributed by atoms with van der Waals surface area (Å²) in [5.41, 5.74) is 3.98. The molecule has 5 rings (SSSR count). The molecule has 1 fully saturated rings. The summed E-state index contributed by atoms with van der Waals surface area (Å²) < 4.78 is 46.5. The zero-order valence-electron chi connectivity index (χ0n) is 16.5. The molecule has 6 heteroatoms. The van der Waals surface area contributed by atoms with Gasteiger partial charge in [0.15, 0.2) is 0 Å². The van der Waals surface area contributed by atoms with E-state index < -0.39 is 11.7 Å². The van der Waals surface area contributed by atoms with Crippen LogP contribution in [-0.2, 0) is 12.6 Å². The Morgan fingerprint density at radius 2 is 2.00 bits per heavy atom. The average Bonchev–Trinajstić information content (AvgIpc) is 2.87.